The van der Waals surface area contributed by atoms with Gasteiger partial charge in [-0.1, -0.05) is 19.4 Å². The Balaban J connectivity index is 1.91. The van der Waals surface area contributed by atoms with Crippen LogP contribution in [0.15, 0.2) is 29.5 Å². The van der Waals surface area contributed by atoms with Gasteiger partial charge in [0, 0.05) is 11.8 Å². The minimum absolute atomic E-state index is 0.191. The van der Waals surface area contributed by atoms with Crippen molar-refractivity contribution in [1.29, 1.82) is 0 Å². The minimum atomic E-state index is -0.915. The van der Waals surface area contributed by atoms with Crippen molar-refractivity contribution >= 4 is 17.7 Å². The van der Waals surface area contributed by atoms with E-state index in [4.69, 9.17) is 4.74 Å². The molecule has 3 rings (SSSR count). The van der Waals surface area contributed by atoms with Crippen LogP contribution < -0.4 is 10.6 Å². The smallest absolute Gasteiger partial charge is 0.338 e. The molecule has 0 aromatic heterocycles. The maximum absolute atomic E-state index is 12.9. The van der Waals surface area contributed by atoms with Crippen molar-refractivity contribution in [3.05, 3.63) is 45.1 Å². The molecule has 1 saturated carbocycles. The summed E-state index contributed by atoms with van der Waals surface area (Å²) in [7, 11) is 0. The molecular weight excluding hydrogens is 366 g/mol. The summed E-state index contributed by atoms with van der Waals surface area (Å²) >= 11 is 0. The topological polar surface area (TPSA) is 131 Å². The lowest BCUT2D eigenvalue weighted by molar-refractivity contribution is -0.385. The average molecular weight is 389 g/mol. The first-order valence-electron chi connectivity index (χ1n) is 9.22. The standard InChI is InChI=1S/C19H23N3O6/c1-10-4-3-5-13(8-10)28-18(24)16-11(2)20-19(25)21-17(16)12-6-7-15(23)14(9-12)22(26)27/h6-7,9-10,13,17,23H,3-5,8H2,1-2H3,(H2,20,21,25)/t10-,13+,17+/m1/s1. The molecule has 1 fully saturated rings. The zero-order valence-corrected chi connectivity index (χ0v) is 15.7. The third-order valence-corrected chi connectivity index (χ3v) is 5.18. The van der Waals surface area contributed by atoms with Gasteiger partial charge in [0.1, 0.15) is 6.10 Å². The van der Waals surface area contributed by atoms with Crippen molar-refractivity contribution in [2.75, 3.05) is 0 Å². The normalized spacial score (nSPS) is 24.9. The summed E-state index contributed by atoms with van der Waals surface area (Å²) in [5, 5.41) is 26.0. The number of ether oxygens (including phenoxy) is 1. The third-order valence-electron chi connectivity index (χ3n) is 5.18. The van der Waals surface area contributed by atoms with Gasteiger partial charge in [-0.2, -0.15) is 0 Å². The number of nitro groups is 1. The summed E-state index contributed by atoms with van der Waals surface area (Å²) in [5.74, 6) is -0.582. The Hall–Kier alpha value is -3.10. The number of nitrogens with zero attached hydrogens (tertiary/aromatic N) is 1. The summed E-state index contributed by atoms with van der Waals surface area (Å²) in [6.07, 6.45) is 3.47. The van der Waals surface area contributed by atoms with E-state index in [1.807, 2.05) is 0 Å². The molecule has 9 nitrogen and oxygen atoms in total. The highest BCUT2D eigenvalue weighted by molar-refractivity contribution is 5.95. The number of amides is 2. The second-order valence-electron chi connectivity index (χ2n) is 7.37. The van der Waals surface area contributed by atoms with Crippen LogP contribution in [-0.4, -0.2) is 28.1 Å². The molecule has 0 unspecified atom stereocenters. The highest BCUT2D eigenvalue weighted by atomic mass is 16.6. The van der Waals surface area contributed by atoms with Crippen LogP contribution in [0.2, 0.25) is 0 Å². The molecule has 1 aromatic carbocycles. The zero-order chi connectivity index (χ0) is 20.4. The summed E-state index contributed by atoms with van der Waals surface area (Å²) in [4.78, 5) is 35.3. The number of benzene rings is 1. The summed E-state index contributed by atoms with van der Waals surface area (Å²) in [5.41, 5.74) is 0.329. The zero-order valence-electron chi connectivity index (χ0n) is 15.7. The molecular formula is C19H23N3O6. The number of carbonyl (C=O) groups excluding carboxylic acids is 2. The quantitative estimate of drug-likeness (QED) is 0.412. The molecule has 0 spiro atoms. The summed E-state index contributed by atoms with van der Waals surface area (Å²) in [6, 6.07) is 2.31. The molecule has 150 valence electrons. The lowest BCUT2D eigenvalue weighted by Crippen LogP contribution is -2.45. The number of allylic oxidation sites excluding steroid dienone is 1. The van der Waals surface area contributed by atoms with Crippen LogP contribution in [0.3, 0.4) is 0 Å². The Labute approximate surface area is 161 Å². The molecule has 3 atom stereocenters. The fourth-order valence-corrected chi connectivity index (χ4v) is 3.78. The predicted octanol–water partition coefficient (Wildman–Crippen LogP) is 3.05. The van der Waals surface area contributed by atoms with E-state index in [9.17, 15) is 24.8 Å². The van der Waals surface area contributed by atoms with Crippen LogP contribution in [0.5, 0.6) is 5.75 Å². The number of phenols is 1. The van der Waals surface area contributed by atoms with Gasteiger partial charge in [-0.05, 0) is 43.7 Å². The van der Waals surface area contributed by atoms with E-state index in [2.05, 4.69) is 17.6 Å². The van der Waals surface area contributed by atoms with Gasteiger partial charge in [-0.25, -0.2) is 9.59 Å². The van der Waals surface area contributed by atoms with Crippen LogP contribution in [-0.2, 0) is 9.53 Å². The second kappa shape index (κ2) is 7.87. The van der Waals surface area contributed by atoms with Gasteiger partial charge in [0.2, 0.25) is 0 Å². The van der Waals surface area contributed by atoms with Gasteiger partial charge in [-0.15, -0.1) is 0 Å². The van der Waals surface area contributed by atoms with Crippen LogP contribution in [0, 0.1) is 16.0 Å². The highest BCUT2D eigenvalue weighted by Gasteiger charge is 2.35. The molecule has 0 bridgehead atoms. The monoisotopic (exact) mass is 389 g/mol. The maximum atomic E-state index is 12.9. The van der Waals surface area contributed by atoms with E-state index in [0.717, 1.165) is 31.7 Å². The van der Waals surface area contributed by atoms with Gasteiger partial charge in [0.15, 0.2) is 5.75 Å². The van der Waals surface area contributed by atoms with Crippen LogP contribution >= 0.6 is 0 Å². The van der Waals surface area contributed by atoms with Crippen molar-refractivity contribution < 1.29 is 24.4 Å². The Morgan fingerprint density at radius 2 is 2.11 bits per heavy atom. The average Bonchev–Trinajstić information content (AvgIpc) is 2.61. The summed E-state index contributed by atoms with van der Waals surface area (Å²) < 4.78 is 5.69. The largest absolute Gasteiger partial charge is 0.502 e. The van der Waals surface area contributed by atoms with E-state index in [1.165, 1.54) is 12.1 Å². The van der Waals surface area contributed by atoms with E-state index >= 15 is 0 Å². The Bertz CT molecular complexity index is 850. The van der Waals surface area contributed by atoms with E-state index < -0.39 is 34.4 Å². The van der Waals surface area contributed by atoms with Crippen molar-refractivity contribution in [1.82, 2.24) is 10.6 Å². The molecule has 0 radical (unpaired) electrons. The van der Waals surface area contributed by atoms with E-state index in [1.54, 1.807) is 6.92 Å². The molecule has 2 aliphatic rings. The Kier molecular flexibility index (Phi) is 5.53. The maximum Gasteiger partial charge on any atom is 0.338 e. The van der Waals surface area contributed by atoms with E-state index in [-0.39, 0.29) is 11.7 Å². The van der Waals surface area contributed by atoms with Crippen LogP contribution in [0.4, 0.5) is 10.5 Å². The molecule has 0 saturated heterocycles. The molecule has 9 heteroatoms. The molecule has 28 heavy (non-hydrogen) atoms. The first-order chi connectivity index (χ1) is 13.3. The second-order valence-corrected chi connectivity index (χ2v) is 7.37. The van der Waals surface area contributed by atoms with Crippen molar-refractivity contribution in [2.45, 2.75) is 51.7 Å². The molecule has 1 aliphatic carbocycles. The van der Waals surface area contributed by atoms with Crippen molar-refractivity contribution in [3.8, 4) is 5.75 Å². The lowest BCUT2D eigenvalue weighted by atomic mass is 9.88. The molecule has 2 amide bonds. The van der Waals surface area contributed by atoms with Gasteiger partial charge in [0.05, 0.1) is 16.5 Å². The number of phenolic OH excluding ortho intramolecular Hbond substituents is 1. The number of rotatable bonds is 4. The van der Waals surface area contributed by atoms with E-state index in [0.29, 0.717) is 17.2 Å². The van der Waals surface area contributed by atoms with Crippen LogP contribution in [0.1, 0.15) is 51.1 Å². The van der Waals surface area contributed by atoms with Gasteiger partial charge in [-0.3, -0.25) is 10.1 Å². The van der Waals surface area contributed by atoms with Crippen LogP contribution in [0.25, 0.3) is 0 Å². The Morgan fingerprint density at radius 1 is 1.36 bits per heavy atom. The van der Waals surface area contributed by atoms with Gasteiger partial charge in [0.25, 0.3) is 0 Å². The number of aromatic hydroxyl groups is 1. The van der Waals surface area contributed by atoms with Crippen molar-refractivity contribution in [2.24, 2.45) is 5.92 Å². The SMILES string of the molecule is CC1=C(C(=O)O[C@H]2CCC[C@@H](C)C2)[C@H](c2ccc(O)c([N+](=O)[O-])c2)NC(=O)N1. The number of hydrogen-bond donors (Lipinski definition) is 3. The molecule has 1 heterocycles. The molecule has 1 aliphatic heterocycles. The lowest BCUT2D eigenvalue weighted by Gasteiger charge is -2.31. The number of esters is 1. The molecule has 3 N–H and O–H groups in total. The fourth-order valence-electron chi connectivity index (χ4n) is 3.78. The number of nitro benzene ring substituents is 1. The summed E-state index contributed by atoms with van der Waals surface area (Å²) in [6.45, 7) is 3.70. The highest BCUT2D eigenvalue weighted by Crippen LogP contribution is 2.34. The van der Waals surface area contributed by atoms with Crippen molar-refractivity contribution in [3.63, 3.8) is 0 Å². The number of hydrogen-bond acceptors (Lipinski definition) is 6. The first-order valence-corrected chi connectivity index (χ1v) is 9.22. The molecule has 1 aromatic rings. The predicted molar refractivity (Wildman–Crippen MR) is 99.4 cm³/mol. The number of urea groups is 1. The number of nitrogens with one attached hydrogen (secondary N) is 2. The van der Waals surface area contributed by atoms with Gasteiger partial charge < -0.3 is 20.5 Å². The Morgan fingerprint density at radius 3 is 2.79 bits per heavy atom. The first kappa shape index (κ1) is 19.7. The third kappa shape index (κ3) is 4.08. The number of carbonyl (C=O) groups is 2. The minimum Gasteiger partial charge on any atom is -0.502 e. The fraction of sp³-hybridized carbons (Fsp3) is 0.474. The van der Waals surface area contributed by atoms with Gasteiger partial charge >= 0.3 is 17.7 Å².